The number of Topliss-reactive ketones (excluding diaryl/α,β-unsaturated/α-hetero) is 1. The van der Waals surface area contributed by atoms with Gasteiger partial charge in [0.05, 0.1) is 14.2 Å². The van der Waals surface area contributed by atoms with E-state index in [2.05, 4.69) is 5.32 Å². The zero-order chi connectivity index (χ0) is 12.7. The Balaban J connectivity index is 2.89. The van der Waals surface area contributed by atoms with Crippen molar-refractivity contribution in [1.82, 2.24) is 5.32 Å². The number of carbonyl (C=O) groups is 1. The maximum absolute atomic E-state index is 12.1. The summed E-state index contributed by atoms with van der Waals surface area (Å²) in [6, 6.07) is 5.34. The molecule has 1 aromatic rings. The van der Waals surface area contributed by atoms with Crippen LogP contribution in [0, 0.1) is 0 Å². The number of ether oxygens (including phenoxy) is 2. The minimum Gasteiger partial charge on any atom is -0.496 e. The molecule has 17 heavy (non-hydrogen) atoms. The van der Waals surface area contributed by atoms with Crippen LogP contribution in [0.3, 0.4) is 0 Å². The van der Waals surface area contributed by atoms with Crippen LogP contribution in [0.1, 0.15) is 23.7 Å². The molecule has 0 unspecified atom stereocenters. The quantitative estimate of drug-likeness (QED) is 0.581. The van der Waals surface area contributed by atoms with Crippen molar-refractivity contribution < 1.29 is 14.3 Å². The van der Waals surface area contributed by atoms with Gasteiger partial charge in [0.1, 0.15) is 17.1 Å². The number of rotatable bonds is 7. The highest BCUT2D eigenvalue weighted by Gasteiger charge is 2.17. The van der Waals surface area contributed by atoms with Gasteiger partial charge in [-0.1, -0.05) is 13.0 Å². The molecule has 94 valence electrons. The van der Waals surface area contributed by atoms with Gasteiger partial charge in [0.2, 0.25) is 0 Å². The van der Waals surface area contributed by atoms with Crippen LogP contribution in [-0.4, -0.2) is 33.1 Å². The van der Waals surface area contributed by atoms with E-state index in [0.29, 0.717) is 30.0 Å². The van der Waals surface area contributed by atoms with E-state index in [-0.39, 0.29) is 5.78 Å². The molecule has 0 aliphatic heterocycles. The highest BCUT2D eigenvalue weighted by atomic mass is 16.5. The lowest BCUT2D eigenvalue weighted by Gasteiger charge is -2.11. The lowest BCUT2D eigenvalue weighted by Crippen LogP contribution is -2.18. The van der Waals surface area contributed by atoms with E-state index in [0.717, 1.165) is 6.54 Å². The second-order valence-electron chi connectivity index (χ2n) is 3.56. The second kappa shape index (κ2) is 6.91. The molecule has 0 saturated carbocycles. The molecule has 0 amide bonds. The molecule has 1 aromatic carbocycles. The minimum absolute atomic E-state index is 0.0280. The lowest BCUT2D eigenvalue weighted by molar-refractivity contribution is 0.0976. The summed E-state index contributed by atoms with van der Waals surface area (Å²) in [6.45, 7) is 3.53. The van der Waals surface area contributed by atoms with E-state index < -0.39 is 0 Å². The number of nitrogens with one attached hydrogen (secondary N) is 1. The van der Waals surface area contributed by atoms with Crippen molar-refractivity contribution in [3.8, 4) is 11.5 Å². The first-order valence-electron chi connectivity index (χ1n) is 5.69. The number of hydrogen-bond acceptors (Lipinski definition) is 4. The Morgan fingerprint density at radius 2 is 1.82 bits per heavy atom. The number of hydrogen-bond donors (Lipinski definition) is 1. The Morgan fingerprint density at radius 1 is 1.24 bits per heavy atom. The van der Waals surface area contributed by atoms with Crippen molar-refractivity contribution in [3.63, 3.8) is 0 Å². The SMILES string of the molecule is CCNCCC(=O)c1c(OC)cccc1OC. The molecule has 4 nitrogen and oxygen atoms in total. The molecule has 0 saturated heterocycles. The predicted octanol–water partition coefficient (Wildman–Crippen LogP) is 1.89. The van der Waals surface area contributed by atoms with E-state index in [1.807, 2.05) is 6.92 Å². The smallest absolute Gasteiger partial charge is 0.171 e. The van der Waals surface area contributed by atoms with Crippen LogP contribution in [0.5, 0.6) is 11.5 Å². The third kappa shape index (κ3) is 3.46. The fraction of sp³-hybridized carbons (Fsp3) is 0.462. The van der Waals surface area contributed by atoms with E-state index in [4.69, 9.17) is 9.47 Å². The van der Waals surface area contributed by atoms with Gasteiger partial charge in [-0.2, -0.15) is 0 Å². The molecule has 1 N–H and O–H groups in total. The van der Waals surface area contributed by atoms with E-state index in [1.54, 1.807) is 32.4 Å². The summed E-state index contributed by atoms with van der Waals surface area (Å²) in [4.78, 5) is 12.1. The molecule has 0 heterocycles. The first kappa shape index (κ1) is 13.5. The number of ketones is 1. The Kier molecular flexibility index (Phi) is 5.49. The van der Waals surface area contributed by atoms with Crippen LogP contribution in [0.2, 0.25) is 0 Å². The van der Waals surface area contributed by atoms with Crippen molar-refractivity contribution in [2.24, 2.45) is 0 Å². The summed E-state index contributed by atoms with van der Waals surface area (Å²) >= 11 is 0. The third-order valence-electron chi connectivity index (χ3n) is 2.49. The average molecular weight is 237 g/mol. The van der Waals surface area contributed by atoms with Gasteiger partial charge in [0.15, 0.2) is 5.78 Å². The number of methoxy groups -OCH3 is 2. The first-order valence-corrected chi connectivity index (χ1v) is 5.69. The summed E-state index contributed by atoms with van der Waals surface area (Å²) < 4.78 is 10.4. The fourth-order valence-electron chi connectivity index (χ4n) is 1.63. The largest absolute Gasteiger partial charge is 0.496 e. The van der Waals surface area contributed by atoms with Crippen molar-refractivity contribution in [2.45, 2.75) is 13.3 Å². The van der Waals surface area contributed by atoms with Crippen LogP contribution >= 0.6 is 0 Å². The zero-order valence-electron chi connectivity index (χ0n) is 10.6. The van der Waals surface area contributed by atoms with Crippen LogP contribution < -0.4 is 14.8 Å². The third-order valence-corrected chi connectivity index (χ3v) is 2.49. The molecule has 0 aromatic heterocycles. The van der Waals surface area contributed by atoms with Crippen molar-refractivity contribution in [2.75, 3.05) is 27.3 Å². The maximum Gasteiger partial charge on any atom is 0.171 e. The molecule has 1 rings (SSSR count). The van der Waals surface area contributed by atoms with Crippen molar-refractivity contribution >= 4 is 5.78 Å². The van der Waals surface area contributed by atoms with Crippen molar-refractivity contribution in [1.29, 1.82) is 0 Å². The summed E-state index contributed by atoms with van der Waals surface area (Å²) in [5, 5.41) is 3.12. The number of carbonyl (C=O) groups excluding carboxylic acids is 1. The average Bonchev–Trinajstić information content (AvgIpc) is 2.37. The summed E-state index contributed by atoms with van der Waals surface area (Å²) in [7, 11) is 3.10. The monoisotopic (exact) mass is 237 g/mol. The molecule has 0 fully saturated rings. The molecular formula is C13H19NO3. The first-order chi connectivity index (χ1) is 8.24. The molecule has 4 heteroatoms. The summed E-state index contributed by atoms with van der Waals surface area (Å²) in [5.41, 5.74) is 0.524. The Labute approximate surface area is 102 Å². The van der Waals surface area contributed by atoms with Gasteiger partial charge in [-0.3, -0.25) is 4.79 Å². The highest BCUT2D eigenvalue weighted by Crippen LogP contribution is 2.29. The van der Waals surface area contributed by atoms with Crippen LogP contribution in [0.4, 0.5) is 0 Å². The van der Waals surface area contributed by atoms with Gasteiger partial charge in [-0.05, 0) is 18.7 Å². The summed E-state index contributed by atoms with van der Waals surface area (Å²) in [6.07, 6.45) is 0.435. The standard InChI is InChI=1S/C13H19NO3/c1-4-14-9-8-10(15)13-11(16-2)6-5-7-12(13)17-3/h5-7,14H,4,8-9H2,1-3H3. The highest BCUT2D eigenvalue weighted by molar-refractivity contribution is 6.01. The van der Waals surface area contributed by atoms with Crippen LogP contribution in [-0.2, 0) is 0 Å². The Hall–Kier alpha value is -1.55. The normalized spacial score (nSPS) is 10.1. The molecule has 0 atom stereocenters. The predicted molar refractivity (Wildman–Crippen MR) is 67.0 cm³/mol. The van der Waals surface area contributed by atoms with Gasteiger partial charge in [0, 0.05) is 13.0 Å². The molecule has 0 bridgehead atoms. The topological polar surface area (TPSA) is 47.6 Å². The van der Waals surface area contributed by atoms with Gasteiger partial charge in [0.25, 0.3) is 0 Å². The van der Waals surface area contributed by atoms with Gasteiger partial charge in [-0.15, -0.1) is 0 Å². The van der Waals surface area contributed by atoms with Gasteiger partial charge >= 0.3 is 0 Å². The molecule has 0 radical (unpaired) electrons. The van der Waals surface area contributed by atoms with Gasteiger partial charge in [-0.25, -0.2) is 0 Å². The van der Waals surface area contributed by atoms with Crippen LogP contribution in [0.15, 0.2) is 18.2 Å². The molecular weight excluding hydrogens is 218 g/mol. The van der Waals surface area contributed by atoms with Gasteiger partial charge < -0.3 is 14.8 Å². The van der Waals surface area contributed by atoms with Crippen LogP contribution in [0.25, 0.3) is 0 Å². The Bertz CT molecular complexity index is 355. The molecule has 0 aliphatic carbocycles. The number of benzene rings is 1. The fourth-order valence-corrected chi connectivity index (χ4v) is 1.63. The minimum atomic E-state index is 0.0280. The van der Waals surface area contributed by atoms with E-state index in [1.165, 1.54) is 0 Å². The van der Waals surface area contributed by atoms with Crippen molar-refractivity contribution in [3.05, 3.63) is 23.8 Å². The lowest BCUT2D eigenvalue weighted by atomic mass is 10.1. The Morgan fingerprint density at radius 3 is 2.29 bits per heavy atom. The molecule has 0 spiro atoms. The maximum atomic E-state index is 12.1. The zero-order valence-corrected chi connectivity index (χ0v) is 10.6. The summed E-state index contributed by atoms with van der Waals surface area (Å²) in [5.74, 6) is 1.15. The van der Waals surface area contributed by atoms with E-state index >= 15 is 0 Å². The molecule has 0 aliphatic rings. The second-order valence-corrected chi connectivity index (χ2v) is 3.56. The van der Waals surface area contributed by atoms with E-state index in [9.17, 15) is 4.79 Å².